The lowest BCUT2D eigenvalue weighted by atomic mass is 10.1. The van der Waals surface area contributed by atoms with E-state index in [1.165, 1.54) is 39.7 Å². The molecule has 1 unspecified atom stereocenters. The van der Waals surface area contributed by atoms with Crippen LogP contribution in [0.15, 0.2) is 64.1 Å². The average molecular weight is 460 g/mol. The summed E-state index contributed by atoms with van der Waals surface area (Å²) in [5.41, 5.74) is 1.17. The van der Waals surface area contributed by atoms with Crippen molar-refractivity contribution in [2.24, 2.45) is 0 Å². The van der Waals surface area contributed by atoms with Crippen molar-refractivity contribution in [1.82, 2.24) is 5.32 Å². The van der Waals surface area contributed by atoms with Crippen LogP contribution in [0.5, 0.6) is 17.2 Å². The highest BCUT2D eigenvalue weighted by Crippen LogP contribution is 2.38. The molecule has 32 heavy (non-hydrogen) atoms. The topological polar surface area (TPSA) is 104 Å². The molecule has 1 atom stereocenters. The molecule has 1 aromatic heterocycles. The van der Waals surface area contributed by atoms with Crippen LogP contribution in [-0.2, 0) is 9.84 Å². The van der Waals surface area contributed by atoms with Gasteiger partial charge in [-0.25, -0.2) is 8.42 Å². The highest BCUT2D eigenvalue weighted by Gasteiger charge is 2.32. The quantitative estimate of drug-likeness (QED) is 0.522. The van der Waals surface area contributed by atoms with Crippen LogP contribution < -0.4 is 19.5 Å². The summed E-state index contributed by atoms with van der Waals surface area (Å²) in [6, 6.07) is 12.7. The Bertz CT molecular complexity index is 1140. The van der Waals surface area contributed by atoms with Gasteiger partial charge in [0.1, 0.15) is 11.0 Å². The molecule has 2 aromatic carbocycles. The summed E-state index contributed by atoms with van der Waals surface area (Å²) >= 11 is 0. The zero-order valence-electron chi connectivity index (χ0n) is 18.2. The number of ether oxygens (including phenoxy) is 3. The molecule has 3 rings (SSSR count). The minimum Gasteiger partial charge on any atom is -0.493 e. The maximum absolute atomic E-state index is 13.3. The number of carbonyl (C=O) groups is 1. The van der Waals surface area contributed by atoms with E-state index < -0.39 is 21.0 Å². The number of methoxy groups -OCH3 is 3. The van der Waals surface area contributed by atoms with Gasteiger partial charge in [0.2, 0.25) is 5.75 Å². The minimum absolute atomic E-state index is 0.145. The van der Waals surface area contributed by atoms with Gasteiger partial charge >= 0.3 is 0 Å². The van der Waals surface area contributed by atoms with Crippen LogP contribution in [0.1, 0.15) is 26.9 Å². The Labute approximate surface area is 187 Å². The lowest BCUT2D eigenvalue weighted by molar-refractivity contribution is 0.0952. The first-order valence-corrected chi connectivity index (χ1v) is 11.3. The lowest BCUT2D eigenvalue weighted by Gasteiger charge is -2.18. The van der Waals surface area contributed by atoms with E-state index in [-0.39, 0.29) is 22.8 Å². The van der Waals surface area contributed by atoms with Gasteiger partial charge in [0.15, 0.2) is 21.3 Å². The van der Waals surface area contributed by atoms with Gasteiger partial charge in [-0.15, -0.1) is 0 Å². The van der Waals surface area contributed by atoms with Crippen molar-refractivity contribution in [2.75, 3.05) is 27.9 Å². The predicted octanol–water partition coefficient (Wildman–Crippen LogP) is 3.56. The third-order valence-corrected chi connectivity index (χ3v) is 7.04. The number of nitrogens with one attached hydrogen (secondary N) is 1. The maximum Gasteiger partial charge on any atom is 0.251 e. The van der Waals surface area contributed by atoms with Crippen LogP contribution in [0, 0.1) is 6.92 Å². The van der Waals surface area contributed by atoms with E-state index in [0.29, 0.717) is 17.2 Å². The van der Waals surface area contributed by atoms with Gasteiger partial charge < -0.3 is 23.9 Å². The summed E-state index contributed by atoms with van der Waals surface area (Å²) in [4.78, 5) is 13.0. The van der Waals surface area contributed by atoms with Crippen molar-refractivity contribution in [1.29, 1.82) is 0 Å². The van der Waals surface area contributed by atoms with E-state index in [0.717, 1.165) is 5.56 Å². The van der Waals surface area contributed by atoms with Crippen LogP contribution in [-0.4, -0.2) is 42.2 Å². The lowest BCUT2D eigenvalue weighted by Crippen LogP contribution is -2.31. The first kappa shape index (κ1) is 23.2. The molecule has 0 saturated heterocycles. The number of furan rings is 1. The SMILES string of the molecule is COc1cc(C(=O)NCC(c2ccco2)S(=O)(=O)c2ccc(C)cc2)cc(OC)c1OC. The van der Waals surface area contributed by atoms with Crippen LogP contribution in [0.4, 0.5) is 0 Å². The second-order valence-electron chi connectivity index (χ2n) is 6.99. The van der Waals surface area contributed by atoms with E-state index in [9.17, 15) is 13.2 Å². The molecular weight excluding hydrogens is 434 g/mol. The van der Waals surface area contributed by atoms with Gasteiger partial charge in [-0.2, -0.15) is 0 Å². The smallest absolute Gasteiger partial charge is 0.251 e. The largest absolute Gasteiger partial charge is 0.493 e. The molecular formula is C23H25NO7S. The Morgan fingerprint density at radius 3 is 2.12 bits per heavy atom. The first-order valence-electron chi connectivity index (χ1n) is 9.74. The Balaban J connectivity index is 1.89. The van der Waals surface area contributed by atoms with Crippen molar-refractivity contribution in [3.63, 3.8) is 0 Å². The first-order chi connectivity index (χ1) is 15.3. The fraction of sp³-hybridized carbons (Fsp3) is 0.261. The molecule has 0 radical (unpaired) electrons. The second-order valence-corrected chi connectivity index (χ2v) is 9.12. The fourth-order valence-electron chi connectivity index (χ4n) is 3.23. The highest BCUT2D eigenvalue weighted by molar-refractivity contribution is 7.91. The number of sulfone groups is 1. The Hall–Kier alpha value is -3.46. The Kier molecular flexibility index (Phi) is 7.09. The van der Waals surface area contributed by atoms with Crippen molar-refractivity contribution >= 4 is 15.7 Å². The van der Waals surface area contributed by atoms with E-state index in [4.69, 9.17) is 18.6 Å². The fourth-order valence-corrected chi connectivity index (χ4v) is 4.82. The number of aryl methyl sites for hydroxylation is 1. The van der Waals surface area contributed by atoms with Gasteiger partial charge in [-0.1, -0.05) is 17.7 Å². The third kappa shape index (κ3) is 4.72. The normalized spacial score (nSPS) is 12.1. The average Bonchev–Trinajstić information content (AvgIpc) is 3.32. The molecule has 0 bridgehead atoms. The maximum atomic E-state index is 13.3. The van der Waals surface area contributed by atoms with Crippen LogP contribution in [0.2, 0.25) is 0 Å². The molecule has 0 fully saturated rings. The summed E-state index contributed by atoms with van der Waals surface area (Å²) in [6.07, 6.45) is 1.40. The molecule has 0 saturated carbocycles. The van der Waals surface area contributed by atoms with Gasteiger partial charge in [0.05, 0.1) is 32.5 Å². The van der Waals surface area contributed by atoms with Crippen LogP contribution >= 0.6 is 0 Å². The summed E-state index contributed by atoms with van der Waals surface area (Å²) in [6.45, 7) is 1.68. The molecule has 0 spiro atoms. The molecule has 0 aliphatic carbocycles. The molecule has 0 aliphatic heterocycles. The molecule has 3 aromatic rings. The van der Waals surface area contributed by atoms with Gasteiger partial charge in [0, 0.05) is 12.1 Å². The van der Waals surface area contributed by atoms with Gasteiger partial charge in [-0.3, -0.25) is 4.79 Å². The number of benzene rings is 2. The molecule has 1 heterocycles. The van der Waals surface area contributed by atoms with Crippen molar-refractivity contribution in [3.05, 3.63) is 71.7 Å². The zero-order chi connectivity index (χ0) is 23.3. The van der Waals surface area contributed by atoms with E-state index >= 15 is 0 Å². The number of hydrogen-bond acceptors (Lipinski definition) is 7. The van der Waals surface area contributed by atoms with Crippen molar-refractivity contribution in [3.8, 4) is 17.2 Å². The zero-order valence-corrected chi connectivity index (χ0v) is 19.1. The highest BCUT2D eigenvalue weighted by atomic mass is 32.2. The van der Waals surface area contributed by atoms with Crippen LogP contribution in [0.3, 0.4) is 0 Å². The number of amides is 1. The van der Waals surface area contributed by atoms with E-state index in [2.05, 4.69) is 5.32 Å². The summed E-state index contributed by atoms with van der Waals surface area (Å²) in [5, 5.41) is 1.58. The van der Waals surface area contributed by atoms with Crippen molar-refractivity contribution < 1.29 is 31.8 Å². The number of carbonyl (C=O) groups excluding carboxylic acids is 1. The van der Waals surface area contributed by atoms with Gasteiger partial charge in [0.25, 0.3) is 5.91 Å². The Morgan fingerprint density at radius 2 is 1.62 bits per heavy atom. The standard InChI is InChI=1S/C23H25NO7S/c1-15-7-9-17(10-8-15)32(26,27)21(18-6-5-11-31-18)14-24-23(25)16-12-19(28-2)22(30-4)20(13-16)29-3/h5-13,21H,14H2,1-4H3,(H,24,25). The van der Waals surface area contributed by atoms with E-state index in [1.807, 2.05) is 6.92 Å². The number of rotatable bonds is 9. The molecule has 1 N–H and O–H groups in total. The van der Waals surface area contributed by atoms with Gasteiger partial charge in [-0.05, 0) is 43.3 Å². The Morgan fingerprint density at radius 1 is 1.00 bits per heavy atom. The molecule has 8 nitrogen and oxygen atoms in total. The predicted molar refractivity (Wildman–Crippen MR) is 118 cm³/mol. The molecule has 1 amide bonds. The molecule has 9 heteroatoms. The summed E-state index contributed by atoms with van der Waals surface area (Å²) in [7, 11) is 0.519. The second kappa shape index (κ2) is 9.78. The summed E-state index contributed by atoms with van der Waals surface area (Å²) < 4.78 is 47.8. The van der Waals surface area contributed by atoms with E-state index in [1.54, 1.807) is 36.4 Å². The molecule has 0 aliphatic rings. The third-order valence-electron chi connectivity index (χ3n) is 4.96. The number of hydrogen-bond donors (Lipinski definition) is 1. The monoisotopic (exact) mass is 459 g/mol. The minimum atomic E-state index is -3.83. The summed E-state index contributed by atoms with van der Waals surface area (Å²) in [5.74, 6) is 0.705. The molecule has 170 valence electrons. The van der Waals surface area contributed by atoms with Crippen LogP contribution in [0.25, 0.3) is 0 Å². The van der Waals surface area contributed by atoms with Crippen molar-refractivity contribution in [2.45, 2.75) is 17.1 Å².